The molecule has 0 bridgehead atoms. The quantitative estimate of drug-likeness (QED) is 0.727. The van der Waals surface area contributed by atoms with Crippen LogP contribution >= 0.6 is 0 Å². The molecule has 2 aromatic rings. The van der Waals surface area contributed by atoms with Crippen LogP contribution in [0.5, 0.6) is 5.75 Å². The van der Waals surface area contributed by atoms with E-state index >= 15 is 0 Å². The highest BCUT2D eigenvalue weighted by Gasteiger charge is 2.26. The van der Waals surface area contributed by atoms with E-state index in [1.165, 1.54) is 6.92 Å². The van der Waals surface area contributed by atoms with Gasteiger partial charge in [0.15, 0.2) is 9.84 Å². The summed E-state index contributed by atoms with van der Waals surface area (Å²) >= 11 is 0. The lowest BCUT2D eigenvalue weighted by Crippen LogP contribution is -2.38. The van der Waals surface area contributed by atoms with E-state index in [-0.39, 0.29) is 12.3 Å². The van der Waals surface area contributed by atoms with Gasteiger partial charge in [-0.25, -0.2) is 8.42 Å². The Morgan fingerprint density at radius 3 is 2.54 bits per heavy atom. The summed E-state index contributed by atoms with van der Waals surface area (Å²) in [7, 11) is -3.39. The highest BCUT2D eigenvalue weighted by molar-refractivity contribution is 7.92. The van der Waals surface area contributed by atoms with Gasteiger partial charge in [-0.15, -0.1) is 0 Å². The lowest BCUT2D eigenvalue weighted by molar-refractivity contribution is -0.120. The fraction of sp³-hybridized carbons (Fsp3) is 0.368. The minimum Gasteiger partial charge on any atom is -0.489 e. The molecule has 0 aliphatic carbocycles. The second-order valence-corrected chi connectivity index (χ2v) is 8.46. The first-order valence-electron chi connectivity index (χ1n) is 8.52. The Kier molecular flexibility index (Phi) is 7.15. The molecule has 7 heteroatoms. The summed E-state index contributed by atoms with van der Waals surface area (Å²) in [5.74, 6) is 0.253. The van der Waals surface area contributed by atoms with Gasteiger partial charge in [0.2, 0.25) is 5.91 Å². The first-order valence-corrected chi connectivity index (χ1v) is 10.2. The van der Waals surface area contributed by atoms with Gasteiger partial charge < -0.3 is 10.1 Å². The molecule has 1 unspecified atom stereocenters. The number of rotatable bonds is 9. The summed E-state index contributed by atoms with van der Waals surface area (Å²) in [6.45, 7) is 3.90. The van der Waals surface area contributed by atoms with Crippen molar-refractivity contribution < 1.29 is 17.9 Å². The maximum atomic E-state index is 12.0. The number of hydrogen-bond acceptors (Lipinski definition) is 5. The molecule has 0 spiro atoms. The average Bonchev–Trinajstić information content (AvgIpc) is 2.65. The van der Waals surface area contributed by atoms with Crippen molar-refractivity contribution in [2.24, 2.45) is 0 Å². The van der Waals surface area contributed by atoms with E-state index in [9.17, 15) is 13.2 Å². The van der Waals surface area contributed by atoms with Crippen LogP contribution in [-0.2, 0) is 27.8 Å². The summed E-state index contributed by atoms with van der Waals surface area (Å²) < 4.78 is 29.5. The molecule has 140 valence electrons. The first-order chi connectivity index (χ1) is 12.4. The Morgan fingerprint density at radius 1 is 1.19 bits per heavy atom. The summed E-state index contributed by atoms with van der Waals surface area (Å²) in [4.78, 5) is 16.1. The van der Waals surface area contributed by atoms with Crippen molar-refractivity contribution in [1.82, 2.24) is 10.3 Å². The molecule has 0 aliphatic rings. The second kappa shape index (κ2) is 9.33. The molecule has 1 aromatic carbocycles. The second-order valence-electron chi connectivity index (χ2n) is 6.02. The third-order valence-electron chi connectivity index (χ3n) is 3.91. The van der Waals surface area contributed by atoms with Crippen LogP contribution in [0.15, 0.2) is 48.8 Å². The molecule has 2 rings (SSSR count). The molecule has 0 radical (unpaired) electrons. The van der Waals surface area contributed by atoms with Crippen LogP contribution in [-0.4, -0.2) is 30.3 Å². The van der Waals surface area contributed by atoms with E-state index in [4.69, 9.17) is 4.74 Å². The van der Waals surface area contributed by atoms with Gasteiger partial charge in [-0.1, -0.05) is 25.1 Å². The molecule has 1 amide bonds. The molecule has 26 heavy (non-hydrogen) atoms. The van der Waals surface area contributed by atoms with Crippen LogP contribution < -0.4 is 10.1 Å². The first kappa shape index (κ1) is 19.9. The number of ether oxygens (including phenoxy) is 1. The van der Waals surface area contributed by atoms with Crippen LogP contribution in [0, 0.1) is 0 Å². The lowest BCUT2D eigenvalue weighted by atomic mass is 10.2. The van der Waals surface area contributed by atoms with Gasteiger partial charge in [-0.05, 0) is 37.1 Å². The summed E-state index contributed by atoms with van der Waals surface area (Å²) in [5.41, 5.74) is 1.85. The molecule has 0 fully saturated rings. The number of nitrogens with one attached hydrogen (secondary N) is 1. The van der Waals surface area contributed by atoms with Crippen LogP contribution in [0.3, 0.4) is 0 Å². The predicted octanol–water partition coefficient (Wildman–Crippen LogP) is 2.49. The van der Waals surface area contributed by atoms with Crippen LogP contribution in [0.1, 0.15) is 31.4 Å². The molecular formula is C19H24N2O4S. The molecule has 1 N–H and O–H groups in total. The molecule has 0 aliphatic heterocycles. The fourth-order valence-corrected chi connectivity index (χ4v) is 3.64. The van der Waals surface area contributed by atoms with Crippen molar-refractivity contribution in [2.75, 3.05) is 5.75 Å². The largest absolute Gasteiger partial charge is 0.489 e. The average molecular weight is 376 g/mol. The van der Waals surface area contributed by atoms with Gasteiger partial charge >= 0.3 is 0 Å². The Morgan fingerprint density at radius 2 is 1.92 bits per heavy atom. The molecule has 6 nitrogen and oxygen atoms in total. The Labute approximate surface area is 154 Å². The third-order valence-corrected chi connectivity index (χ3v) is 6.18. The van der Waals surface area contributed by atoms with Crippen molar-refractivity contribution >= 4 is 15.7 Å². The van der Waals surface area contributed by atoms with Gasteiger partial charge in [0.25, 0.3) is 0 Å². The van der Waals surface area contributed by atoms with Crippen LogP contribution in [0.25, 0.3) is 0 Å². The van der Waals surface area contributed by atoms with E-state index in [0.717, 1.165) is 11.1 Å². The zero-order chi connectivity index (χ0) is 19.0. The van der Waals surface area contributed by atoms with E-state index in [1.54, 1.807) is 19.3 Å². The topological polar surface area (TPSA) is 85.4 Å². The summed E-state index contributed by atoms with van der Waals surface area (Å²) in [6.07, 6.45) is 3.96. The van der Waals surface area contributed by atoms with Crippen molar-refractivity contribution in [3.05, 3.63) is 59.9 Å². The molecule has 1 atom stereocenters. The number of carbonyl (C=O) groups excluding carboxylic acids is 1. The number of pyridine rings is 1. The number of aromatic nitrogens is 1. The van der Waals surface area contributed by atoms with Crippen LogP contribution in [0.4, 0.5) is 0 Å². The number of nitrogens with zero attached hydrogens (tertiary/aromatic N) is 1. The zero-order valence-corrected chi connectivity index (χ0v) is 15.8. The number of carbonyl (C=O) groups is 1. The van der Waals surface area contributed by atoms with Gasteiger partial charge in [0.05, 0.1) is 5.75 Å². The normalized spacial score (nSPS) is 12.4. The smallest absolute Gasteiger partial charge is 0.238 e. The lowest BCUT2D eigenvalue weighted by Gasteiger charge is -2.13. The van der Waals surface area contributed by atoms with Crippen molar-refractivity contribution in [2.45, 2.75) is 38.7 Å². The standard InChI is InChI=1S/C19H24N2O4S/c1-3-11-26(23,24)15(2)19(22)21-13-16-6-8-18(9-7-16)25-14-17-5-4-10-20-12-17/h4-10,12,15H,3,11,13-14H2,1-2H3,(H,21,22). The highest BCUT2D eigenvalue weighted by Crippen LogP contribution is 2.14. The van der Waals surface area contributed by atoms with Gasteiger partial charge in [0.1, 0.15) is 17.6 Å². The molecule has 1 aromatic heterocycles. The Balaban J connectivity index is 1.84. The maximum Gasteiger partial charge on any atom is 0.238 e. The zero-order valence-electron chi connectivity index (χ0n) is 15.0. The van der Waals surface area contributed by atoms with Crippen molar-refractivity contribution in [1.29, 1.82) is 0 Å². The molecular weight excluding hydrogens is 352 g/mol. The van der Waals surface area contributed by atoms with E-state index in [0.29, 0.717) is 18.8 Å². The molecule has 0 saturated carbocycles. The van der Waals surface area contributed by atoms with E-state index < -0.39 is 21.0 Å². The van der Waals surface area contributed by atoms with Crippen molar-refractivity contribution in [3.8, 4) is 5.75 Å². The van der Waals surface area contributed by atoms with Gasteiger partial charge in [-0.2, -0.15) is 0 Å². The monoisotopic (exact) mass is 376 g/mol. The number of sulfone groups is 1. The molecule has 1 heterocycles. The number of benzene rings is 1. The SMILES string of the molecule is CCCS(=O)(=O)C(C)C(=O)NCc1ccc(OCc2cccnc2)cc1. The minimum absolute atomic E-state index is 0.0184. The van der Waals surface area contributed by atoms with Crippen LogP contribution in [0.2, 0.25) is 0 Å². The third kappa shape index (κ3) is 5.84. The number of amides is 1. The van der Waals surface area contributed by atoms with Gasteiger partial charge in [-0.3, -0.25) is 9.78 Å². The molecule has 0 saturated heterocycles. The Bertz CT molecular complexity index is 805. The summed E-state index contributed by atoms with van der Waals surface area (Å²) in [6, 6.07) is 11.1. The highest BCUT2D eigenvalue weighted by atomic mass is 32.2. The predicted molar refractivity (Wildman–Crippen MR) is 100 cm³/mol. The van der Waals surface area contributed by atoms with Gasteiger partial charge in [0, 0.05) is 24.5 Å². The van der Waals surface area contributed by atoms with E-state index in [1.807, 2.05) is 36.4 Å². The maximum absolute atomic E-state index is 12.0. The minimum atomic E-state index is -3.39. The Hall–Kier alpha value is -2.41. The summed E-state index contributed by atoms with van der Waals surface area (Å²) in [5, 5.41) is 1.64. The fourth-order valence-electron chi connectivity index (χ4n) is 2.31. The number of hydrogen-bond donors (Lipinski definition) is 1. The van der Waals surface area contributed by atoms with Crippen molar-refractivity contribution in [3.63, 3.8) is 0 Å². The van der Waals surface area contributed by atoms with E-state index in [2.05, 4.69) is 10.3 Å².